The van der Waals surface area contributed by atoms with Gasteiger partial charge in [-0.15, -0.1) is 0 Å². The molecule has 0 saturated carbocycles. The molecule has 1 amide bonds. The number of amides is 1. The van der Waals surface area contributed by atoms with Crippen LogP contribution in [0.5, 0.6) is 0 Å². The van der Waals surface area contributed by atoms with Gasteiger partial charge in [0, 0.05) is 30.3 Å². The summed E-state index contributed by atoms with van der Waals surface area (Å²) in [4.78, 5) is 18.1. The maximum atomic E-state index is 12.1. The van der Waals surface area contributed by atoms with Crippen LogP contribution in [0.15, 0.2) is 22.9 Å². The van der Waals surface area contributed by atoms with Crippen molar-refractivity contribution in [1.82, 2.24) is 9.88 Å². The molecule has 0 spiro atoms. The summed E-state index contributed by atoms with van der Waals surface area (Å²) >= 11 is 5.18. The molecule has 1 aromatic heterocycles. The molecule has 0 radical (unpaired) electrons. The van der Waals surface area contributed by atoms with Gasteiger partial charge in [-0.2, -0.15) is 11.8 Å². The first-order valence-corrected chi connectivity index (χ1v) is 7.03. The minimum absolute atomic E-state index is 0.0900. The van der Waals surface area contributed by atoms with Crippen LogP contribution >= 0.6 is 27.7 Å². The fourth-order valence-electron chi connectivity index (χ4n) is 1.69. The van der Waals surface area contributed by atoms with Crippen LogP contribution in [-0.2, 0) is 0 Å². The first kappa shape index (κ1) is 11.9. The number of rotatable bonds is 1. The molecular weight excluding hydrogens is 288 g/mol. The van der Waals surface area contributed by atoms with E-state index in [4.69, 9.17) is 0 Å². The lowest BCUT2D eigenvalue weighted by Gasteiger charge is -2.30. The van der Waals surface area contributed by atoms with E-state index >= 15 is 0 Å². The van der Waals surface area contributed by atoms with Crippen molar-refractivity contribution in [3.63, 3.8) is 0 Å². The summed E-state index contributed by atoms with van der Waals surface area (Å²) in [5.74, 6) is 1.11. The van der Waals surface area contributed by atoms with Crippen molar-refractivity contribution in [2.24, 2.45) is 0 Å². The molecule has 1 atom stereocenters. The van der Waals surface area contributed by atoms with E-state index in [1.165, 1.54) is 0 Å². The topological polar surface area (TPSA) is 33.2 Å². The number of aromatic nitrogens is 1. The van der Waals surface area contributed by atoms with Crippen molar-refractivity contribution in [3.05, 3.63) is 28.5 Å². The number of thioether (sulfide) groups is 1. The smallest absolute Gasteiger partial charge is 0.255 e. The molecule has 0 bridgehead atoms. The Balaban J connectivity index is 2.09. The lowest BCUT2D eigenvalue weighted by atomic mass is 10.2. The molecule has 0 aromatic carbocycles. The maximum absolute atomic E-state index is 12.1. The van der Waals surface area contributed by atoms with E-state index in [2.05, 4.69) is 27.8 Å². The average molecular weight is 301 g/mol. The van der Waals surface area contributed by atoms with Crippen LogP contribution in [-0.4, -0.2) is 39.9 Å². The minimum atomic E-state index is 0.0900. The Morgan fingerprint density at radius 3 is 3.06 bits per heavy atom. The van der Waals surface area contributed by atoms with Crippen LogP contribution < -0.4 is 0 Å². The summed E-state index contributed by atoms with van der Waals surface area (Å²) in [5.41, 5.74) is 0.669. The number of carbonyl (C=O) groups is 1. The fraction of sp³-hybridized carbons (Fsp3) is 0.455. The number of carbonyl (C=O) groups excluding carboxylic acids is 1. The fourth-order valence-corrected chi connectivity index (χ4v) is 2.94. The first-order chi connectivity index (χ1) is 7.66. The lowest BCUT2D eigenvalue weighted by molar-refractivity contribution is 0.0762. The Morgan fingerprint density at radius 1 is 1.62 bits per heavy atom. The second kappa shape index (κ2) is 5.19. The number of nitrogens with zero attached hydrogens (tertiary/aromatic N) is 2. The standard InChI is InChI=1S/C11H13BrN2OS/c1-8-7-14(4-5-16-8)11(15)9-2-3-10(12)13-6-9/h2-3,6,8H,4-5,7H2,1H3. The Morgan fingerprint density at radius 2 is 2.44 bits per heavy atom. The lowest BCUT2D eigenvalue weighted by Crippen LogP contribution is -2.41. The molecular formula is C11H13BrN2OS. The molecule has 1 fully saturated rings. The van der Waals surface area contributed by atoms with Gasteiger partial charge in [0.25, 0.3) is 5.91 Å². The van der Waals surface area contributed by atoms with Crippen LogP contribution in [0.3, 0.4) is 0 Å². The predicted octanol–water partition coefficient (Wildman–Crippen LogP) is 2.42. The summed E-state index contributed by atoms with van der Waals surface area (Å²) < 4.78 is 0.756. The molecule has 0 aliphatic carbocycles. The third-order valence-electron chi connectivity index (χ3n) is 2.50. The van der Waals surface area contributed by atoms with Crippen LogP contribution in [0.25, 0.3) is 0 Å². The summed E-state index contributed by atoms with van der Waals surface area (Å²) in [5, 5.41) is 0.529. The van der Waals surface area contributed by atoms with Gasteiger partial charge in [0.1, 0.15) is 4.60 Å². The van der Waals surface area contributed by atoms with Gasteiger partial charge in [0.2, 0.25) is 0 Å². The Bertz CT molecular complexity index is 382. The third-order valence-corrected chi connectivity index (χ3v) is 4.11. The van der Waals surface area contributed by atoms with Gasteiger partial charge < -0.3 is 4.90 Å². The molecule has 1 aliphatic heterocycles. The summed E-state index contributed by atoms with van der Waals surface area (Å²) in [6.45, 7) is 3.83. The minimum Gasteiger partial charge on any atom is -0.337 e. The van der Waals surface area contributed by atoms with Crippen molar-refractivity contribution in [1.29, 1.82) is 0 Å². The molecule has 3 nitrogen and oxygen atoms in total. The average Bonchev–Trinajstić information content (AvgIpc) is 2.29. The zero-order valence-electron chi connectivity index (χ0n) is 9.02. The molecule has 2 rings (SSSR count). The van der Waals surface area contributed by atoms with E-state index in [0.717, 1.165) is 23.4 Å². The molecule has 5 heteroatoms. The van der Waals surface area contributed by atoms with Crippen molar-refractivity contribution in [2.75, 3.05) is 18.8 Å². The summed E-state index contributed by atoms with van der Waals surface area (Å²) in [6, 6.07) is 3.61. The van der Waals surface area contributed by atoms with Gasteiger partial charge in [0.05, 0.1) is 5.56 Å². The summed E-state index contributed by atoms with van der Waals surface area (Å²) in [6.07, 6.45) is 1.62. The highest BCUT2D eigenvalue weighted by Gasteiger charge is 2.22. The zero-order chi connectivity index (χ0) is 11.5. The van der Waals surface area contributed by atoms with Crippen LogP contribution in [0.4, 0.5) is 0 Å². The molecule has 1 saturated heterocycles. The first-order valence-electron chi connectivity index (χ1n) is 5.19. The third kappa shape index (κ3) is 2.77. The molecule has 1 aromatic rings. The van der Waals surface area contributed by atoms with E-state index in [1.54, 1.807) is 12.3 Å². The largest absolute Gasteiger partial charge is 0.337 e. The normalized spacial score (nSPS) is 20.9. The maximum Gasteiger partial charge on any atom is 0.255 e. The van der Waals surface area contributed by atoms with Gasteiger partial charge in [-0.25, -0.2) is 4.98 Å². The van der Waals surface area contributed by atoms with E-state index in [9.17, 15) is 4.79 Å². The van der Waals surface area contributed by atoms with Crippen LogP contribution in [0.2, 0.25) is 0 Å². The van der Waals surface area contributed by atoms with E-state index in [0.29, 0.717) is 10.8 Å². The second-order valence-corrected chi connectivity index (χ2v) is 6.16. The molecule has 2 heterocycles. The van der Waals surface area contributed by atoms with Crippen LogP contribution in [0, 0.1) is 0 Å². The molecule has 86 valence electrons. The number of hydrogen-bond donors (Lipinski definition) is 0. The van der Waals surface area contributed by atoms with Crippen LogP contribution in [0.1, 0.15) is 17.3 Å². The Hall–Kier alpha value is -0.550. The number of halogens is 1. The number of pyridine rings is 1. The predicted molar refractivity (Wildman–Crippen MR) is 69.8 cm³/mol. The molecule has 1 aliphatic rings. The zero-order valence-corrected chi connectivity index (χ0v) is 11.4. The molecule has 16 heavy (non-hydrogen) atoms. The van der Waals surface area contributed by atoms with Gasteiger partial charge in [0.15, 0.2) is 0 Å². The van der Waals surface area contributed by atoms with Crippen molar-refractivity contribution in [3.8, 4) is 0 Å². The monoisotopic (exact) mass is 300 g/mol. The van der Waals surface area contributed by atoms with Gasteiger partial charge >= 0.3 is 0 Å². The van der Waals surface area contributed by atoms with Crippen molar-refractivity contribution >= 4 is 33.6 Å². The molecule has 1 unspecified atom stereocenters. The Labute approximate surface area is 108 Å². The molecule has 0 N–H and O–H groups in total. The van der Waals surface area contributed by atoms with E-state index in [-0.39, 0.29) is 5.91 Å². The highest BCUT2D eigenvalue weighted by molar-refractivity contribution is 9.10. The SMILES string of the molecule is CC1CN(C(=O)c2ccc(Br)nc2)CCS1. The van der Waals surface area contributed by atoms with E-state index in [1.807, 2.05) is 22.7 Å². The van der Waals surface area contributed by atoms with Gasteiger partial charge in [-0.05, 0) is 28.1 Å². The van der Waals surface area contributed by atoms with Gasteiger partial charge in [-0.1, -0.05) is 6.92 Å². The van der Waals surface area contributed by atoms with Crippen molar-refractivity contribution in [2.45, 2.75) is 12.2 Å². The quantitative estimate of drug-likeness (QED) is 0.747. The van der Waals surface area contributed by atoms with Gasteiger partial charge in [-0.3, -0.25) is 4.79 Å². The second-order valence-electron chi connectivity index (χ2n) is 3.80. The van der Waals surface area contributed by atoms with E-state index < -0.39 is 0 Å². The number of hydrogen-bond acceptors (Lipinski definition) is 3. The Kier molecular flexibility index (Phi) is 3.86. The highest BCUT2D eigenvalue weighted by Crippen LogP contribution is 2.19. The highest BCUT2D eigenvalue weighted by atomic mass is 79.9. The summed E-state index contributed by atoms with van der Waals surface area (Å²) in [7, 11) is 0. The van der Waals surface area contributed by atoms with Crippen molar-refractivity contribution < 1.29 is 4.79 Å².